The second-order valence-corrected chi connectivity index (χ2v) is 6.92. The van der Waals surface area contributed by atoms with E-state index < -0.39 is 0 Å². The Labute approximate surface area is 129 Å². The minimum atomic E-state index is 0.376. The minimum absolute atomic E-state index is 0.376. The third-order valence-electron chi connectivity index (χ3n) is 3.75. The van der Waals surface area contributed by atoms with Crippen molar-refractivity contribution in [2.45, 2.75) is 39.7 Å². The quantitative estimate of drug-likeness (QED) is 0.786. The summed E-state index contributed by atoms with van der Waals surface area (Å²) in [5, 5.41) is 3.74. The van der Waals surface area contributed by atoms with Crippen molar-refractivity contribution in [3.05, 3.63) is 71.8 Å². The van der Waals surface area contributed by atoms with Crippen LogP contribution in [0.15, 0.2) is 60.7 Å². The molecule has 1 atom stereocenters. The number of benzene rings is 2. The Balaban J connectivity index is 2.04. The Kier molecular flexibility index (Phi) is 5.58. The predicted molar refractivity (Wildman–Crippen MR) is 91.4 cm³/mol. The fraction of sp³-hybridized carbons (Fsp3) is 0.400. The third kappa shape index (κ3) is 5.73. The van der Waals surface area contributed by atoms with Gasteiger partial charge in [0.1, 0.15) is 0 Å². The first-order valence-electron chi connectivity index (χ1n) is 7.87. The van der Waals surface area contributed by atoms with Gasteiger partial charge >= 0.3 is 0 Å². The molecular weight excluding hydrogens is 254 g/mol. The zero-order valence-corrected chi connectivity index (χ0v) is 13.5. The number of nitrogens with one attached hydrogen (secondary N) is 1. The van der Waals surface area contributed by atoms with Gasteiger partial charge in [-0.1, -0.05) is 81.4 Å². The molecule has 0 saturated heterocycles. The van der Waals surface area contributed by atoms with E-state index in [4.69, 9.17) is 0 Å². The molecule has 0 aliphatic rings. The largest absolute Gasteiger partial charge is 0.310 e. The molecule has 1 heteroatoms. The molecule has 112 valence electrons. The highest BCUT2D eigenvalue weighted by Crippen LogP contribution is 2.21. The van der Waals surface area contributed by atoms with E-state index in [9.17, 15) is 0 Å². The molecule has 0 amide bonds. The fourth-order valence-electron chi connectivity index (χ4n) is 2.46. The molecular formula is C20H27N. The highest BCUT2D eigenvalue weighted by Gasteiger charge is 2.14. The number of hydrogen-bond acceptors (Lipinski definition) is 1. The van der Waals surface area contributed by atoms with E-state index in [1.165, 1.54) is 17.5 Å². The molecule has 2 aromatic rings. The summed E-state index contributed by atoms with van der Waals surface area (Å²) in [6.45, 7) is 7.94. The van der Waals surface area contributed by atoms with Crippen molar-refractivity contribution >= 4 is 0 Å². The van der Waals surface area contributed by atoms with Crippen molar-refractivity contribution in [3.8, 4) is 0 Å². The summed E-state index contributed by atoms with van der Waals surface area (Å²) in [6, 6.07) is 21.9. The van der Waals surface area contributed by atoms with Gasteiger partial charge in [-0.05, 0) is 35.9 Å². The summed E-state index contributed by atoms with van der Waals surface area (Å²) in [4.78, 5) is 0. The normalized spacial score (nSPS) is 13.1. The monoisotopic (exact) mass is 281 g/mol. The van der Waals surface area contributed by atoms with Gasteiger partial charge in [0.15, 0.2) is 0 Å². The van der Waals surface area contributed by atoms with Gasteiger partial charge in [0.05, 0.1) is 0 Å². The smallest absolute Gasteiger partial charge is 0.0360 e. The summed E-state index contributed by atoms with van der Waals surface area (Å²) in [7, 11) is 0. The van der Waals surface area contributed by atoms with Gasteiger partial charge in [-0.15, -0.1) is 0 Å². The lowest BCUT2D eigenvalue weighted by molar-refractivity contribution is 0.354. The van der Waals surface area contributed by atoms with Crippen LogP contribution >= 0.6 is 0 Å². The Morgan fingerprint density at radius 2 is 1.43 bits per heavy atom. The van der Waals surface area contributed by atoms with Crippen LogP contribution in [0.4, 0.5) is 0 Å². The van der Waals surface area contributed by atoms with Crippen LogP contribution in [0.5, 0.6) is 0 Å². The van der Waals surface area contributed by atoms with E-state index in [2.05, 4.69) is 86.8 Å². The Morgan fingerprint density at radius 1 is 0.857 bits per heavy atom. The zero-order chi connectivity index (χ0) is 15.1. The van der Waals surface area contributed by atoms with Crippen molar-refractivity contribution in [2.75, 3.05) is 6.54 Å². The zero-order valence-electron chi connectivity index (χ0n) is 13.5. The average Bonchev–Trinajstić information content (AvgIpc) is 2.47. The Hall–Kier alpha value is -1.60. The lowest BCUT2D eigenvalue weighted by atomic mass is 9.91. The van der Waals surface area contributed by atoms with Crippen LogP contribution in [-0.2, 0) is 6.42 Å². The van der Waals surface area contributed by atoms with E-state index in [-0.39, 0.29) is 0 Å². The highest BCUT2D eigenvalue weighted by molar-refractivity contribution is 5.23. The van der Waals surface area contributed by atoms with Crippen LogP contribution in [0.2, 0.25) is 0 Å². The van der Waals surface area contributed by atoms with E-state index in [1.54, 1.807) is 0 Å². The van der Waals surface area contributed by atoms with Crippen LogP contribution < -0.4 is 5.32 Å². The fourth-order valence-corrected chi connectivity index (χ4v) is 2.46. The molecule has 2 aromatic carbocycles. The summed E-state index contributed by atoms with van der Waals surface area (Å²) in [5.41, 5.74) is 3.13. The van der Waals surface area contributed by atoms with E-state index in [1.807, 2.05) is 0 Å². The minimum Gasteiger partial charge on any atom is -0.310 e. The summed E-state index contributed by atoms with van der Waals surface area (Å²) >= 11 is 0. The first-order valence-corrected chi connectivity index (χ1v) is 7.87. The standard InChI is InChI=1S/C20H27N/c1-20(2,3)14-15-21-19(18-12-8-5-9-13-18)16-17-10-6-4-7-11-17/h4-13,19,21H,14-16H2,1-3H3. The Bertz CT molecular complexity index is 511. The SMILES string of the molecule is CC(C)(C)CCNC(Cc1ccccc1)c1ccccc1. The van der Waals surface area contributed by atoms with Crippen LogP contribution in [0.1, 0.15) is 44.4 Å². The van der Waals surface area contributed by atoms with Gasteiger partial charge < -0.3 is 5.32 Å². The third-order valence-corrected chi connectivity index (χ3v) is 3.75. The van der Waals surface area contributed by atoms with E-state index >= 15 is 0 Å². The summed E-state index contributed by atoms with van der Waals surface area (Å²) in [6.07, 6.45) is 2.22. The second kappa shape index (κ2) is 7.42. The summed E-state index contributed by atoms with van der Waals surface area (Å²) < 4.78 is 0. The highest BCUT2D eigenvalue weighted by atomic mass is 14.9. The van der Waals surface area contributed by atoms with Crippen molar-refractivity contribution in [3.63, 3.8) is 0 Å². The Morgan fingerprint density at radius 3 is 2.00 bits per heavy atom. The maximum atomic E-state index is 3.74. The second-order valence-electron chi connectivity index (χ2n) is 6.92. The molecule has 0 bridgehead atoms. The first-order chi connectivity index (χ1) is 10.0. The first kappa shape index (κ1) is 15.8. The molecule has 1 unspecified atom stereocenters. The van der Waals surface area contributed by atoms with Crippen LogP contribution in [0.3, 0.4) is 0 Å². The van der Waals surface area contributed by atoms with Gasteiger partial charge in [0.2, 0.25) is 0 Å². The van der Waals surface area contributed by atoms with Crippen molar-refractivity contribution in [1.82, 2.24) is 5.32 Å². The van der Waals surface area contributed by atoms with Gasteiger partial charge in [0.25, 0.3) is 0 Å². The maximum absolute atomic E-state index is 3.74. The molecule has 0 aliphatic carbocycles. The van der Waals surface area contributed by atoms with Gasteiger partial charge in [-0.25, -0.2) is 0 Å². The molecule has 2 rings (SSSR count). The number of rotatable bonds is 6. The maximum Gasteiger partial charge on any atom is 0.0360 e. The molecule has 0 aliphatic heterocycles. The molecule has 0 aromatic heterocycles. The molecule has 0 radical (unpaired) electrons. The van der Waals surface area contributed by atoms with Crippen molar-refractivity contribution < 1.29 is 0 Å². The van der Waals surface area contributed by atoms with E-state index in [0.717, 1.165) is 13.0 Å². The lowest BCUT2D eigenvalue weighted by Crippen LogP contribution is -2.27. The predicted octanol–water partition coefficient (Wildman–Crippen LogP) is 5.00. The average molecular weight is 281 g/mol. The molecule has 0 saturated carbocycles. The molecule has 0 spiro atoms. The van der Waals surface area contributed by atoms with E-state index in [0.29, 0.717) is 11.5 Å². The lowest BCUT2D eigenvalue weighted by Gasteiger charge is -2.23. The van der Waals surface area contributed by atoms with Crippen molar-refractivity contribution in [2.24, 2.45) is 5.41 Å². The molecule has 1 N–H and O–H groups in total. The topological polar surface area (TPSA) is 12.0 Å². The van der Waals surface area contributed by atoms with Crippen LogP contribution in [-0.4, -0.2) is 6.54 Å². The number of hydrogen-bond donors (Lipinski definition) is 1. The van der Waals surface area contributed by atoms with Crippen LogP contribution in [0.25, 0.3) is 0 Å². The molecule has 1 nitrogen and oxygen atoms in total. The molecule has 0 fully saturated rings. The van der Waals surface area contributed by atoms with Gasteiger partial charge in [-0.3, -0.25) is 0 Å². The molecule has 21 heavy (non-hydrogen) atoms. The van der Waals surface area contributed by atoms with Crippen LogP contribution in [0, 0.1) is 5.41 Å². The van der Waals surface area contributed by atoms with Gasteiger partial charge in [-0.2, -0.15) is 0 Å². The summed E-state index contributed by atoms with van der Waals surface area (Å²) in [5.74, 6) is 0. The van der Waals surface area contributed by atoms with Crippen molar-refractivity contribution in [1.29, 1.82) is 0 Å². The molecule has 0 heterocycles. The van der Waals surface area contributed by atoms with Gasteiger partial charge in [0, 0.05) is 6.04 Å².